The van der Waals surface area contributed by atoms with Gasteiger partial charge in [-0.2, -0.15) is 0 Å². The van der Waals surface area contributed by atoms with Crippen LogP contribution in [0.5, 0.6) is 0 Å². The maximum Gasteiger partial charge on any atom is 0.159 e. The molecule has 10 heteroatoms. The zero-order valence-electron chi connectivity index (χ0n) is 13.1. The molecule has 0 bridgehead atoms. The van der Waals surface area contributed by atoms with E-state index in [-0.39, 0.29) is 29.0 Å². The van der Waals surface area contributed by atoms with Crippen LogP contribution in [0.3, 0.4) is 0 Å². The predicted octanol–water partition coefficient (Wildman–Crippen LogP) is 8.91. The minimum absolute atomic E-state index is 0.0389. The van der Waals surface area contributed by atoms with Crippen LogP contribution in [0.2, 0.25) is 0 Å². The van der Waals surface area contributed by atoms with Crippen LogP contribution in [0, 0.1) is 34.9 Å². The summed E-state index contributed by atoms with van der Waals surface area (Å²) in [5.41, 5.74) is -1.24. The van der Waals surface area contributed by atoms with Gasteiger partial charge in [-0.05, 0) is 56.1 Å². The van der Waals surface area contributed by atoms with Gasteiger partial charge in [-0.15, -0.1) is 0 Å². The Kier molecular flexibility index (Phi) is 6.34. The van der Waals surface area contributed by atoms with Crippen molar-refractivity contribution in [3.63, 3.8) is 0 Å². The topological polar surface area (TPSA) is 0 Å². The van der Waals surface area contributed by atoms with Crippen LogP contribution < -0.4 is 0 Å². The van der Waals surface area contributed by atoms with Crippen LogP contribution >= 0.6 is 63.7 Å². The number of hydrogen-bond acceptors (Lipinski definition) is 0. The minimum atomic E-state index is -1.27. The molecule has 0 aliphatic rings. The van der Waals surface area contributed by atoms with E-state index in [0.29, 0.717) is 12.1 Å². The van der Waals surface area contributed by atoms with Gasteiger partial charge in [-0.3, -0.25) is 0 Å². The number of hydrogen-bond donors (Lipinski definition) is 0. The van der Waals surface area contributed by atoms with Gasteiger partial charge >= 0.3 is 0 Å². The van der Waals surface area contributed by atoms with E-state index in [4.69, 9.17) is 0 Å². The molecule has 0 aliphatic heterocycles. The van der Waals surface area contributed by atoms with Crippen molar-refractivity contribution in [3.8, 4) is 22.3 Å². The summed E-state index contributed by atoms with van der Waals surface area (Å²) in [6.07, 6.45) is 0. The fourth-order valence-electron chi connectivity index (χ4n) is 2.53. The maximum absolute atomic E-state index is 15.5. The fraction of sp³-hybridized carbons (Fsp3) is 0. The molecular weight excluding hydrogens is 650 g/mol. The molecule has 0 spiro atoms. The molecule has 3 rings (SSSR count). The van der Waals surface area contributed by atoms with Crippen molar-refractivity contribution >= 4 is 63.7 Å². The van der Waals surface area contributed by atoms with Crippen molar-refractivity contribution in [3.05, 3.63) is 77.1 Å². The summed E-state index contributed by atoms with van der Waals surface area (Å²) < 4.78 is 83.8. The van der Waals surface area contributed by atoms with Crippen LogP contribution in [0.25, 0.3) is 22.3 Å². The first-order chi connectivity index (χ1) is 13.0. The van der Waals surface area contributed by atoms with E-state index < -0.39 is 46.0 Å². The molecule has 0 saturated heterocycles. The van der Waals surface area contributed by atoms with Crippen LogP contribution in [0.1, 0.15) is 0 Å². The summed E-state index contributed by atoms with van der Waals surface area (Å²) in [6.45, 7) is 0. The quantitative estimate of drug-likeness (QED) is 0.147. The van der Waals surface area contributed by atoms with Crippen molar-refractivity contribution < 1.29 is 26.3 Å². The van der Waals surface area contributed by atoms with Gasteiger partial charge in [0.15, 0.2) is 29.1 Å². The lowest BCUT2D eigenvalue weighted by Crippen LogP contribution is -2.00. The van der Waals surface area contributed by atoms with Crippen molar-refractivity contribution in [2.75, 3.05) is 0 Å². The largest absolute Gasteiger partial charge is 0.206 e. The third kappa shape index (κ3) is 3.68. The van der Waals surface area contributed by atoms with E-state index >= 15 is 4.39 Å². The fourth-order valence-corrected chi connectivity index (χ4v) is 5.00. The predicted molar refractivity (Wildman–Crippen MR) is 108 cm³/mol. The summed E-state index contributed by atoms with van der Waals surface area (Å²) in [5.74, 6) is -6.97. The zero-order chi connectivity index (χ0) is 20.9. The second-order valence-corrected chi connectivity index (χ2v) is 8.79. The summed E-state index contributed by atoms with van der Waals surface area (Å²) in [6, 6.07) is 2.92. The summed E-state index contributed by atoms with van der Waals surface area (Å²) in [5, 5.41) is 0. The second-order valence-electron chi connectivity index (χ2n) is 5.50. The van der Waals surface area contributed by atoms with E-state index in [1.807, 2.05) is 0 Å². The molecule has 0 saturated carbocycles. The van der Waals surface area contributed by atoms with E-state index in [0.717, 1.165) is 12.1 Å². The van der Waals surface area contributed by atoms with Gasteiger partial charge in [0.2, 0.25) is 0 Å². The normalized spacial score (nSPS) is 11.2. The second kappa shape index (κ2) is 8.12. The highest BCUT2D eigenvalue weighted by molar-refractivity contribution is 9.11. The van der Waals surface area contributed by atoms with Crippen molar-refractivity contribution in [1.82, 2.24) is 0 Å². The molecule has 0 heterocycles. The lowest BCUT2D eigenvalue weighted by atomic mass is 9.97. The molecule has 28 heavy (non-hydrogen) atoms. The Labute approximate surface area is 188 Å². The Morgan fingerprint density at radius 2 is 0.786 bits per heavy atom. The molecule has 0 radical (unpaired) electrons. The molecule has 3 aromatic rings. The van der Waals surface area contributed by atoms with Crippen LogP contribution in [0.15, 0.2) is 42.2 Å². The number of benzene rings is 3. The standard InChI is InChI=1S/C18H4Br4F6/c19-7-3-11(25)9(23)1-5(7)13-15(21)18(28)16(22)14(17(13)27)6-2-10(24)12(26)4-8(6)20/h1-4H. The molecule has 0 unspecified atom stereocenters. The van der Waals surface area contributed by atoms with Crippen molar-refractivity contribution in [2.24, 2.45) is 0 Å². The van der Waals surface area contributed by atoms with Crippen molar-refractivity contribution in [1.29, 1.82) is 0 Å². The van der Waals surface area contributed by atoms with Gasteiger partial charge in [0.05, 0.1) is 8.95 Å². The van der Waals surface area contributed by atoms with Gasteiger partial charge in [-0.1, -0.05) is 31.9 Å². The van der Waals surface area contributed by atoms with E-state index in [2.05, 4.69) is 63.7 Å². The lowest BCUT2D eigenvalue weighted by Gasteiger charge is -2.17. The summed E-state index contributed by atoms with van der Waals surface area (Å²) in [7, 11) is 0. The van der Waals surface area contributed by atoms with Gasteiger partial charge in [0, 0.05) is 31.2 Å². The van der Waals surface area contributed by atoms with Gasteiger partial charge in [0.25, 0.3) is 0 Å². The summed E-state index contributed by atoms with van der Waals surface area (Å²) >= 11 is 11.8. The Bertz CT molecular complexity index is 1050. The van der Waals surface area contributed by atoms with E-state index in [1.165, 1.54) is 0 Å². The van der Waals surface area contributed by atoms with E-state index in [9.17, 15) is 22.0 Å². The molecule has 0 amide bonds. The Morgan fingerprint density at radius 3 is 1.14 bits per heavy atom. The first kappa shape index (κ1) is 21.9. The smallest absolute Gasteiger partial charge is 0.159 e. The molecule has 0 nitrogen and oxygen atoms in total. The summed E-state index contributed by atoms with van der Waals surface area (Å²) in [4.78, 5) is 0. The lowest BCUT2D eigenvalue weighted by molar-refractivity contribution is 0.508. The average Bonchev–Trinajstić information content (AvgIpc) is 2.62. The molecular formula is C18H4Br4F6. The molecule has 3 aromatic carbocycles. The molecule has 0 aromatic heterocycles. The van der Waals surface area contributed by atoms with E-state index in [1.54, 1.807) is 0 Å². The first-order valence-corrected chi connectivity index (χ1v) is 10.4. The molecule has 0 aliphatic carbocycles. The average molecular weight is 654 g/mol. The highest BCUT2D eigenvalue weighted by Crippen LogP contribution is 2.47. The minimum Gasteiger partial charge on any atom is -0.206 e. The van der Waals surface area contributed by atoms with Gasteiger partial charge in [0.1, 0.15) is 5.82 Å². The molecule has 0 atom stereocenters. The Morgan fingerprint density at radius 1 is 0.464 bits per heavy atom. The van der Waals surface area contributed by atoms with Crippen LogP contribution in [-0.4, -0.2) is 0 Å². The van der Waals surface area contributed by atoms with Crippen molar-refractivity contribution in [2.45, 2.75) is 0 Å². The Hall–Kier alpha value is -0.840. The SMILES string of the molecule is Fc1cc(Br)c(-c2c(F)c(-c3cc(F)c(F)cc3Br)c(Br)c(F)c2Br)cc1F. The molecule has 0 N–H and O–H groups in total. The molecule has 0 fully saturated rings. The maximum atomic E-state index is 15.5. The molecule has 146 valence electrons. The zero-order valence-corrected chi connectivity index (χ0v) is 19.4. The highest BCUT2D eigenvalue weighted by atomic mass is 79.9. The van der Waals surface area contributed by atoms with Gasteiger partial charge in [-0.25, -0.2) is 26.3 Å². The highest BCUT2D eigenvalue weighted by Gasteiger charge is 2.27. The van der Waals surface area contributed by atoms with Crippen LogP contribution in [0.4, 0.5) is 26.3 Å². The monoisotopic (exact) mass is 650 g/mol. The number of halogens is 10. The Balaban J connectivity index is 2.44. The van der Waals surface area contributed by atoms with Crippen LogP contribution in [-0.2, 0) is 0 Å². The third-order valence-electron chi connectivity index (χ3n) is 3.82. The number of rotatable bonds is 2. The third-order valence-corrected chi connectivity index (χ3v) is 6.62. The van der Waals surface area contributed by atoms with Gasteiger partial charge < -0.3 is 0 Å². The first-order valence-electron chi connectivity index (χ1n) is 7.20.